The maximum Gasteiger partial charge on any atom is 0.324 e. The predicted molar refractivity (Wildman–Crippen MR) is 461 cm³/mol. The third kappa shape index (κ3) is 18.9. The number of fused-ring (bicyclic) bond motifs is 10. The molecule has 9 heterocycles. The number of H-pyrrole nitrogens is 1. The summed E-state index contributed by atoms with van der Waals surface area (Å²) in [6, 6.07) is 65.8. The lowest BCUT2D eigenvalue weighted by atomic mass is 9.90. The molecule has 1 saturated heterocycles. The van der Waals surface area contributed by atoms with Gasteiger partial charge in [0, 0.05) is 100 Å². The number of thiazole rings is 1. The standard InChI is InChI=1S/C22H20N4O3.C19H17N3O4.C19H17NO3S.C17H20N2O2S.C14H13NO2/c1-14-12-19-16(13-18(14)26(28)29)21-20(17-10-6-3-7-11-24(17)19)22(27)25(23-21)15-8-4-2-5-9-15;23-22(24)17-8-19-18(25-11-26-19)7-12(17)9-21-6-5-14-13-3-1-2-4-15(13)20-16(14)10-21;1-12-5-4-6-15(9-12)20-13(2)24-18(19(20)22)11-14-7-8-16(21)17(10-14)23-3;20-19(21)17-7-6-16(22-17)13-18-10-8-15(9-11-18)12-14-4-2-1-3-5-14;16-13-8-4-7-12(14(13)17)10-15-9-11-5-2-1-3-6-11/h2,4-5,8-9,12-13H,3,6-7,10-11H2,1H3;1-4,7-8,20H,5-6,9-11H2;4-11,21H,2H2,1,3H3;1-7,15H,8-13H2;1-8,10,16-17H,9H2/b;;18-11-;;. The second kappa shape index (κ2) is 37.1. The summed E-state index contributed by atoms with van der Waals surface area (Å²) < 4.78 is 22.2. The first kappa shape index (κ1) is 81.2. The number of nitro benzene ring substituents is 2. The van der Waals surface area contributed by atoms with Crippen LogP contribution in [0.5, 0.6) is 34.5 Å². The number of nitrogens with zero attached hydrogens (tertiary/aromatic N) is 10. The van der Waals surface area contributed by atoms with Gasteiger partial charge in [-0.25, -0.2) is 0 Å². The van der Waals surface area contributed by atoms with Gasteiger partial charge in [-0.2, -0.15) is 9.78 Å². The number of nitrogens with one attached hydrogen (secondary N) is 1. The minimum absolute atomic E-state index is 0.0506. The Morgan fingerprint density at radius 1 is 0.653 bits per heavy atom. The lowest BCUT2D eigenvalue weighted by Crippen LogP contribution is -2.33. The van der Waals surface area contributed by atoms with Crippen molar-refractivity contribution in [2.45, 2.75) is 97.9 Å². The van der Waals surface area contributed by atoms with Crippen LogP contribution in [0.1, 0.15) is 92.9 Å². The number of methoxy groups -OCH3 is 1. The topological polar surface area (TPSA) is 314 Å². The summed E-state index contributed by atoms with van der Waals surface area (Å²) in [4.78, 5) is 72.3. The molecule has 0 unspecified atom stereocenters. The van der Waals surface area contributed by atoms with Crippen molar-refractivity contribution in [3.63, 3.8) is 0 Å². The predicted octanol–water partition coefficient (Wildman–Crippen LogP) is 16.6. The molecule has 0 saturated carbocycles. The molecule has 18 rings (SSSR count). The number of aryl methyl sites for hydroxylation is 3. The highest BCUT2D eigenvalue weighted by Crippen LogP contribution is 2.41. The van der Waals surface area contributed by atoms with E-state index in [9.17, 15) is 55.3 Å². The minimum atomic E-state index is -0.372. The Morgan fingerprint density at radius 3 is 2.08 bits per heavy atom. The number of thiophene rings is 1. The smallest absolute Gasteiger partial charge is 0.324 e. The first-order valence-electron chi connectivity index (χ1n) is 38.8. The highest BCUT2D eigenvalue weighted by atomic mass is 32.1. The minimum Gasteiger partial charge on any atom is -0.504 e. The Morgan fingerprint density at radius 2 is 1.36 bits per heavy atom. The lowest BCUT2D eigenvalue weighted by Gasteiger charge is -2.31. The van der Waals surface area contributed by atoms with Crippen molar-refractivity contribution in [2.24, 2.45) is 10.9 Å². The molecule has 3 aromatic heterocycles. The lowest BCUT2D eigenvalue weighted by molar-refractivity contribution is -0.385. The molecule has 25 nitrogen and oxygen atoms in total. The number of aromatic hydroxyl groups is 3. The Hall–Kier alpha value is -13.3. The number of ether oxygens (including phenoxy) is 3. The number of likely N-dealkylation sites (tertiary alicyclic amines) is 1. The summed E-state index contributed by atoms with van der Waals surface area (Å²) in [5.41, 5.74) is 14.3. The SMILES string of the molecule is C=c1s/c(=C\c2ccc(O)c(OC)c2)c(=O)n1-c1cccc(C)c1.Cc1cc2c(cc1[N+](=O)[O-])c1nn(-c3ccccc3)c(=O)c-1c1n2CCCCC1.O=[N+]([O-])c1cc2c(cc1CN1CCc3c([nH]c4ccccc34)C1)OCO2.O=[N+]([O-])c1ccc(CN2CCC(Cc3ccccc3)CC2)s1.Oc1cccc(C=NCc2ccccc2)c1O. The zero-order chi connectivity index (χ0) is 82.5. The van der Waals surface area contributed by atoms with Gasteiger partial charge in [-0.15, -0.1) is 11.3 Å². The number of para-hydroxylation sites is 3. The van der Waals surface area contributed by atoms with Crippen LogP contribution < -0.4 is 34.5 Å². The van der Waals surface area contributed by atoms with Gasteiger partial charge in [-0.1, -0.05) is 146 Å². The molecule has 12 aromatic rings. The molecule has 0 aliphatic carbocycles. The third-order valence-electron chi connectivity index (χ3n) is 21.3. The van der Waals surface area contributed by atoms with E-state index in [1.54, 1.807) is 72.3 Å². The molecule has 602 valence electrons. The summed E-state index contributed by atoms with van der Waals surface area (Å²) in [6.07, 6.45) is 11.8. The quantitative estimate of drug-likeness (QED) is 0.0302. The van der Waals surface area contributed by atoms with E-state index in [4.69, 9.17) is 14.2 Å². The van der Waals surface area contributed by atoms with Crippen LogP contribution in [0.4, 0.5) is 16.4 Å². The Labute approximate surface area is 686 Å². The number of aliphatic imine (C=N–C) groups is 1. The molecule has 6 aliphatic heterocycles. The van der Waals surface area contributed by atoms with E-state index in [2.05, 4.69) is 84.6 Å². The van der Waals surface area contributed by atoms with Crippen LogP contribution in [0.3, 0.4) is 0 Å². The number of benzene rings is 9. The van der Waals surface area contributed by atoms with Gasteiger partial charge < -0.3 is 39.1 Å². The largest absolute Gasteiger partial charge is 0.504 e. The summed E-state index contributed by atoms with van der Waals surface area (Å²) >= 11 is 2.63. The number of aromatic nitrogens is 5. The first-order valence-corrected chi connectivity index (χ1v) is 40.4. The average molecular weight is 1620 g/mol. The van der Waals surface area contributed by atoms with Gasteiger partial charge in [0.05, 0.1) is 66.1 Å². The number of pyridine rings is 1. The number of aromatic amines is 1. The molecule has 6 aliphatic rings. The van der Waals surface area contributed by atoms with Crippen molar-refractivity contribution in [2.75, 3.05) is 33.5 Å². The molecule has 1 fully saturated rings. The van der Waals surface area contributed by atoms with E-state index in [1.807, 2.05) is 110 Å². The van der Waals surface area contributed by atoms with Crippen LogP contribution in [0.15, 0.2) is 227 Å². The number of hydrogen-bond donors (Lipinski definition) is 4. The van der Waals surface area contributed by atoms with Gasteiger partial charge in [-0.05, 0) is 184 Å². The van der Waals surface area contributed by atoms with Gasteiger partial charge in [-0.3, -0.25) is 59.3 Å². The molecule has 4 N–H and O–H groups in total. The molecular formula is C91H87N11O14S2. The molecule has 118 heavy (non-hydrogen) atoms. The molecule has 0 radical (unpaired) electrons. The van der Waals surface area contributed by atoms with E-state index in [0.29, 0.717) is 78.6 Å². The molecule has 9 aromatic carbocycles. The van der Waals surface area contributed by atoms with Gasteiger partial charge >= 0.3 is 5.00 Å². The van der Waals surface area contributed by atoms with Gasteiger partial charge in [0.15, 0.2) is 34.5 Å². The number of phenols is 3. The average Bonchev–Trinajstić information content (AvgIpc) is 1.56. The number of phenolic OH excluding ortho intramolecular Hbond substituents is 3. The molecule has 27 heteroatoms. The maximum atomic E-state index is 13.4. The van der Waals surface area contributed by atoms with Crippen molar-refractivity contribution in [1.29, 1.82) is 0 Å². The molecule has 0 bridgehead atoms. The molecular weight excluding hydrogens is 1540 g/mol. The van der Waals surface area contributed by atoms with Crippen LogP contribution in [0.25, 0.3) is 57.1 Å². The van der Waals surface area contributed by atoms with Crippen molar-refractivity contribution in [3.05, 3.63) is 333 Å². The van der Waals surface area contributed by atoms with E-state index in [1.165, 1.54) is 88.1 Å². The van der Waals surface area contributed by atoms with Crippen LogP contribution in [0.2, 0.25) is 0 Å². The maximum absolute atomic E-state index is 13.4. The second-order valence-electron chi connectivity index (χ2n) is 29.3. The van der Waals surface area contributed by atoms with Crippen LogP contribution in [-0.2, 0) is 52.0 Å². The number of hydrogen-bond acceptors (Lipinski definition) is 20. The van der Waals surface area contributed by atoms with Crippen LogP contribution >= 0.6 is 22.7 Å². The second-order valence-corrected chi connectivity index (χ2v) is 31.5. The molecule has 0 amide bonds. The van der Waals surface area contributed by atoms with E-state index < -0.39 is 0 Å². The van der Waals surface area contributed by atoms with E-state index >= 15 is 0 Å². The Kier molecular flexibility index (Phi) is 25.5. The zero-order valence-corrected chi connectivity index (χ0v) is 66.9. The Balaban J connectivity index is 0.000000122. The third-order valence-corrected chi connectivity index (χ3v) is 23.2. The van der Waals surface area contributed by atoms with Crippen LogP contribution in [0, 0.1) is 50.1 Å². The first-order chi connectivity index (χ1) is 57.2. The Bertz CT molecular complexity index is 6230. The monoisotopic (exact) mass is 1620 g/mol. The number of piperidine rings is 1. The number of nitro groups is 3. The van der Waals surface area contributed by atoms with Crippen molar-refractivity contribution in [1.82, 2.24) is 33.7 Å². The van der Waals surface area contributed by atoms with Crippen molar-refractivity contribution in [3.8, 4) is 57.1 Å². The summed E-state index contributed by atoms with van der Waals surface area (Å²) in [6.45, 7) is 14.3. The summed E-state index contributed by atoms with van der Waals surface area (Å²) in [7, 11) is 1.49. The van der Waals surface area contributed by atoms with Gasteiger partial charge in [0.2, 0.25) is 6.79 Å². The fourth-order valence-electron chi connectivity index (χ4n) is 15.4. The fraction of sp³-hybridized carbons (Fsp3) is 0.231. The molecule has 0 atom stereocenters. The van der Waals surface area contributed by atoms with Crippen LogP contribution in [-0.4, -0.2) is 104 Å². The van der Waals surface area contributed by atoms with E-state index in [0.717, 1.165) is 121 Å². The van der Waals surface area contributed by atoms with E-state index in [-0.39, 0.29) is 66.3 Å². The highest BCUT2D eigenvalue weighted by molar-refractivity contribution is 7.15. The van der Waals surface area contributed by atoms with Gasteiger partial charge in [0.1, 0.15) is 5.69 Å². The van der Waals surface area contributed by atoms with Crippen molar-refractivity contribution >= 4 is 79.7 Å². The fourth-order valence-corrected chi connectivity index (χ4v) is 17.1. The summed E-state index contributed by atoms with van der Waals surface area (Å²) in [5.74, 6) is 1.95. The number of rotatable bonds is 16. The normalized spacial score (nSPS) is 14.0. The highest BCUT2D eigenvalue weighted by Gasteiger charge is 2.31. The summed E-state index contributed by atoms with van der Waals surface area (Å²) in [5, 5.41) is 69.1. The van der Waals surface area contributed by atoms with Gasteiger partial charge in [0.25, 0.3) is 22.5 Å². The zero-order valence-electron chi connectivity index (χ0n) is 65.3. The molecule has 0 spiro atoms. The van der Waals surface area contributed by atoms with Crippen molar-refractivity contribution < 1.29 is 44.3 Å².